The minimum absolute atomic E-state index is 0.194. The van der Waals surface area contributed by atoms with Gasteiger partial charge >= 0.3 is 0 Å². The lowest BCUT2D eigenvalue weighted by atomic mass is 10.1. The molecular formula is C9H8F2O2. The van der Waals surface area contributed by atoms with E-state index in [2.05, 4.69) is 4.74 Å². The van der Waals surface area contributed by atoms with Crippen LogP contribution in [0.5, 0.6) is 5.75 Å². The predicted molar refractivity (Wildman–Crippen MR) is 43.0 cm³/mol. The van der Waals surface area contributed by atoms with Gasteiger partial charge in [0.05, 0.1) is 12.7 Å². The van der Waals surface area contributed by atoms with Crippen molar-refractivity contribution in [3.05, 3.63) is 28.8 Å². The van der Waals surface area contributed by atoms with Crippen LogP contribution in [0, 0.1) is 18.6 Å². The van der Waals surface area contributed by atoms with Gasteiger partial charge in [-0.3, -0.25) is 4.79 Å². The minimum atomic E-state index is -1.16. The smallest absolute Gasteiger partial charge is 0.201 e. The lowest BCUT2D eigenvalue weighted by Gasteiger charge is -2.06. The fraction of sp³-hybridized carbons (Fsp3) is 0.222. The molecule has 0 aliphatic carbocycles. The van der Waals surface area contributed by atoms with E-state index in [1.807, 2.05) is 0 Å². The molecule has 0 amide bonds. The number of halogens is 2. The zero-order chi connectivity index (χ0) is 10.0. The molecule has 0 atom stereocenters. The highest BCUT2D eigenvalue weighted by molar-refractivity contribution is 5.78. The molecule has 0 heterocycles. The number of carbonyl (C=O) groups excluding carboxylic acids is 1. The SMILES string of the molecule is COc1cc(C)c(C=O)c(F)c1F. The molecule has 1 rings (SSSR count). The molecule has 13 heavy (non-hydrogen) atoms. The van der Waals surface area contributed by atoms with E-state index >= 15 is 0 Å². The molecule has 1 aromatic carbocycles. The highest BCUT2D eigenvalue weighted by atomic mass is 19.2. The average molecular weight is 186 g/mol. The van der Waals surface area contributed by atoms with E-state index in [1.165, 1.54) is 20.1 Å². The Hall–Kier alpha value is -1.45. The third-order valence-corrected chi connectivity index (χ3v) is 1.76. The summed E-state index contributed by atoms with van der Waals surface area (Å²) in [5.41, 5.74) is 0.0871. The molecule has 0 saturated heterocycles. The van der Waals surface area contributed by atoms with Gasteiger partial charge in [0.15, 0.2) is 17.9 Å². The Labute approximate surface area is 74.1 Å². The Morgan fingerprint density at radius 1 is 1.38 bits per heavy atom. The number of aldehydes is 1. The molecular weight excluding hydrogens is 178 g/mol. The molecule has 0 aliphatic heterocycles. The number of rotatable bonds is 2. The third-order valence-electron chi connectivity index (χ3n) is 1.76. The molecule has 0 saturated carbocycles. The largest absolute Gasteiger partial charge is 0.494 e. The van der Waals surface area contributed by atoms with Crippen molar-refractivity contribution in [2.75, 3.05) is 7.11 Å². The summed E-state index contributed by atoms with van der Waals surface area (Å²) in [5.74, 6) is -2.48. The Morgan fingerprint density at radius 3 is 2.46 bits per heavy atom. The van der Waals surface area contributed by atoms with Gasteiger partial charge in [-0.05, 0) is 18.6 Å². The fourth-order valence-corrected chi connectivity index (χ4v) is 1.03. The van der Waals surface area contributed by atoms with Gasteiger partial charge in [-0.25, -0.2) is 4.39 Å². The van der Waals surface area contributed by atoms with Gasteiger partial charge in [-0.1, -0.05) is 0 Å². The number of carbonyl (C=O) groups is 1. The van der Waals surface area contributed by atoms with Crippen LogP contribution < -0.4 is 4.74 Å². The van der Waals surface area contributed by atoms with Crippen molar-refractivity contribution >= 4 is 6.29 Å². The first-order chi connectivity index (χ1) is 6.11. The van der Waals surface area contributed by atoms with Crippen molar-refractivity contribution in [1.29, 1.82) is 0 Å². The molecule has 0 N–H and O–H groups in total. The van der Waals surface area contributed by atoms with Crippen LogP contribution in [0.4, 0.5) is 8.78 Å². The molecule has 0 aromatic heterocycles. The predicted octanol–water partition coefficient (Wildman–Crippen LogP) is 2.09. The summed E-state index contributed by atoms with van der Waals surface area (Å²) < 4.78 is 30.6. The van der Waals surface area contributed by atoms with Crippen LogP contribution in [0.3, 0.4) is 0 Å². The van der Waals surface area contributed by atoms with Gasteiger partial charge in [0.1, 0.15) is 0 Å². The van der Waals surface area contributed by atoms with E-state index in [1.54, 1.807) is 0 Å². The van der Waals surface area contributed by atoms with Crippen LogP contribution in [0.2, 0.25) is 0 Å². The first kappa shape index (κ1) is 9.64. The van der Waals surface area contributed by atoms with Gasteiger partial charge < -0.3 is 4.74 Å². The zero-order valence-corrected chi connectivity index (χ0v) is 7.23. The lowest BCUT2D eigenvalue weighted by Crippen LogP contribution is -2.00. The average Bonchev–Trinajstić information content (AvgIpc) is 2.12. The third kappa shape index (κ3) is 1.52. The molecule has 1 aromatic rings. The zero-order valence-electron chi connectivity index (χ0n) is 7.23. The van der Waals surface area contributed by atoms with E-state index in [4.69, 9.17) is 0 Å². The summed E-state index contributed by atoms with van der Waals surface area (Å²) in [6, 6.07) is 1.28. The van der Waals surface area contributed by atoms with E-state index < -0.39 is 11.6 Å². The van der Waals surface area contributed by atoms with Crippen molar-refractivity contribution in [3.8, 4) is 5.75 Å². The second-order valence-corrected chi connectivity index (χ2v) is 2.56. The Morgan fingerprint density at radius 2 is 2.00 bits per heavy atom. The van der Waals surface area contributed by atoms with Crippen LogP contribution in [-0.4, -0.2) is 13.4 Å². The molecule has 2 nitrogen and oxygen atoms in total. The second kappa shape index (κ2) is 3.51. The molecule has 70 valence electrons. The summed E-state index contributed by atoms with van der Waals surface area (Å²) in [6.45, 7) is 1.51. The van der Waals surface area contributed by atoms with Gasteiger partial charge in [-0.15, -0.1) is 0 Å². The van der Waals surface area contributed by atoms with Crippen LogP contribution in [0.15, 0.2) is 6.07 Å². The van der Waals surface area contributed by atoms with E-state index in [0.717, 1.165) is 0 Å². The molecule has 0 unspecified atom stereocenters. The van der Waals surface area contributed by atoms with Crippen LogP contribution in [0.1, 0.15) is 15.9 Å². The van der Waals surface area contributed by atoms with Crippen molar-refractivity contribution < 1.29 is 18.3 Å². The van der Waals surface area contributed by atoms with Gasteiger partial charge in [0.2, 0.25) is 5.82 Å². The molecule has 0 radical (unpaired) electrons. The molecule has 0 aliphatic rings. The van der Waals surface area contributed by atoms with Crippen LogP contribution in [-0.2, 0) is 0 Å². The Bertz CT molecular complexity index is 348. The van der Waals surface area contributed by atoms with E-state index in [0.29, 0.717) is 5.56 Å². The van der Waals surface area contributed by atoms with Gasteiger partial charge in [-0.2, -0.15) is 4.39 Å². The topological polar surface area (TPSA) is 26.3 Å². The lowest BCUT2D eigenvalue weighted by molar-refractivity contribution is 0.111. The first-order valence-corrected chi connectivity index (χ1v) is 3.59. The van der Waals surface area contributed by atoms with Gasteiger partial charge in [0, 0.05) is 0 Å². The van der Waals surface area contributed by atoms with Gasteiger partial charge in [0.25, 0.3) is 0 Å². The number of hydrogen-bond acceptors (Lipinski definition) is 2. The molecule has 0 fully saturated rings. The number of benzene rings is 1. The summed E-state index contributed by atoms with van der Waals surface area (Å²) >= 11 is 0. The molecule has 0 spiro atoms. The summed E-state index contributed by atoms with van der Waals surface area (Å²) in [5, 5.41) is 0. The molecule has 4 heteroatoms. The summed E-state index contributed by atoms with van der Waals surface area (Å²) in [6.07, 6.45) is 0.285. The monoisotopic (exact) mass is 186 g/mol. The number of hydrogen-bond donors (Lipinski definition) is 0. The van der Waals surface area contributed by atoms with Crippen molar-refractivity contribution in [3.63, 3.8) is 0 Å². The number of aryl methyl sites for hydroxylation is 1. The standard InChI is InChI=1S/C9H8F2O2/c1-5-3-7(13-2)9(11)8(10)6(5)4-12/h3-4H,1-2H3. The van der Waals surface area contributed by atoms with Crippen molar-refractivity contribution in [1.82, 2.24) is 0 Å². The second-order valence-electron chi connectivity index (χ2n) is 2.56. The maximum atomic E-state index is 13.0. The normalized spacial score (nSPS) is 9.85. The molecule has 0 bridgehead atoms. The van der Waals surface area contributed by atoms with Crippen LogP contribution in [0.25, 0.3) is 0 Å². The number of methoxy groups -OCH3 is 1. The minimum Gasteiger partial charge on any atom is -0.494 e. The maximum absolute atomic E-state index is 13.0. The maximum Gasteiger partial charge on any atom is 0.201 e. The number of ether oxygens (including phenoxy) is 1. The van der Waals surface area contributed by atoms with E-state index in [9.17, 15) is 13.6 Å². The Balaban J connectivity index is 3.45. The fourth-order valence-electron chi connectivity index (χ4n) is 1.03. The van der Waals surface area contributed by atoms with Crippen LogP contribution >= 0.6 is 0 Å². The first-order valence-electron chi connectivity index (χ1n) is 3.59. The van der Waals surface area contributed by atoms with E-state index in [-0.39, 0.29) is 17.6 Å². The van der Waals surface area contributed by atoms with Crippen molar-refractivity contribution in [2.45, 2.75) is 6.92 Å². The van der Waals surface area contributed by atoms with Crippen molar-refractivity contribution in [2.24, 2.45) is 0 Å². The highest BCUT2D eigenvalue weighted by Crippen LogP contribution is 2.24. The quantitative estimate of drug-likeness (QED) is 0.661. The Kier molecular flexibility index (Phi) is 2.60. The summed E-state index contributed by atoms with van der Waals surface area (Å²) in [7, 11) is 1.23. The highest BCUT2D eigenvalue weighted by Gasteiger charge is 2.16. The summed E-state index contributed by atoms with van der Waals surface area (Å²) in [4.78, 5) is 10.4.